The lowest BCUT2D eigenvalue weighted by atomic mass is 9.90. The second-order valence-electron chi connectivity index (χ2n) is 4.74. The van der Waals surface area contributed by atoms with Gasteiger partial charge in [0.2, 0.25) is 0 Å². The van der Waals surface area contributed by atoms with Crippen LogP contribution < -0.4 is 5.73 Å². The van der Waals surface area contributed by atoms with E-state index in [0.717, 1.165) is 18.1 Å². The van der Waals surface area contributed by atoms with Gasteiger partial charge in [-0.1, -0.05) is 32.1 Å². The van der Waals surface area contributed by atoms with Crippen molar-refractivity contribution in [3.8, 4) is 0 Å². The van der Waals surface area contributed by atoms with Gasteiger partial charge in [0, 0.05) is 18.9 Å². The fourth-order valence-corrected chi connectivity index (χ4v) is 2.49. The van der Waals surface area contributed by atoms with Crippen molar-refractivity contribution in [3.05, 3.63) is 17.8 Å². The molecule has 3 nitrogen and oxygen atoms in total. The predicted molar refractivity (Wildman–Crippen MR) is 64.3 cm³/mol. The van der Waals surface area contributed by atoms with Crippen molar-refractivity contribution in [2.24, 2.45) is 5.73 Å². The van der Waals surface area contributed by atoms with Crippen LogP contribution in [0.5, 0.6) is 0 Å². The monoisotopic (exact) mass is 222 g/mol. The molecule has 1 aliphatic carbocycles. The zero-order valence-electron chi connectivity index (χ0n) is 9.95. The molecule has 90 valence electrons. The maximum absolute atomic E-state index is 5.77. The Balaban J connectivity index is 1.97. The van der Waals surface area contributed by atoms with Gasteiger partial charge in [0.05, 0.1) is 6.20 Å². The Kier molecular flexibility index (Phi) is 4.40. The third-order valence-corrected chi connectivity index (χ3v) is 3.44. The lowest BCUT2D eigenvalue weighted by molar-refractivity contribution is 0.372. The quantitative estimate of drug-likeness (QED) is 0.855. The van der Waals surface area contributed by atoms with Gasteiger partial charge in [-0.25, -0.2) is 4.98 Å². The first kappa shape index (κ1) is 11.6. The summed E-state index contributed by atoms with van der Waals surface area (Å²) in [7, 11) is 0. The second-order valence-corrected chi connectivity index (χ2v) is 4.74. The van der Waals surface area contributed by atoms with Crippen LogP contribution in [-0.2, 0) is 6.42 Å². The first-order valence-electron chi connectivity index (χ1n) is 6.55. The number of oxazole rings is 1. The van der Waals surface area contributed by atoms with E-state index in [0.29, 0.717) is 12.5 Å². The molecule has 1 aromatic rings. The van der Waals surface area contributed by atoms with Gasteiger partial charge in [0.25, 0.3) is 0 Å². The molecule has 0 bridgehead atoms. The highest BCUT2D eigenvalue weighted by atomic mass is 16.4. The summed E-state index contributed by atoms with van der Waals surface area (Å²) >= 11 is 0. The molecule has 0 unspecified atom stereocenters. The number of nitrogens with zero attached hydrogens (tertiary/aromatic N) is 1. The minimum atomic E-state index is 0.597. The predicted octanol–water partition coefficient (Wildman–Crippen LogP) is 3.00. The highest BCUT2D eigenvalue weighted by Crippen LogP contribution is 2.31. The van der Waals surface area contributed by atoms with Gasteiger partial charge in [0.15, 0.2) is 5.89 Å². The van der Waals surface area contributed by atoms with E-state index in [1.165, 1.54) is 44.9 Å². The molecule has 0 aromatic carbocycles. The third-order valence-electron chi connectivity index (χ3n) is 3.44. The van der Waals surface area contributed by atoms with Gasteiger partial charge in [-0.05, 0) is 12.8 Å². The molecule has 2 N–H and O–H groups in total. The van der Waals surface area contributed by atoms with E-state index in [1.54, 1.807) is 0 Å². The summed E-state index contributed by atoms with van der Waals surface area (Å²) in [6, 6.07) is 0. The molecule has 2 rings (SSSR count). The number of nitrogens with two attached hydrogens (primary N) is 1. The van der Waals surface area contributed by atoms with Crippen LogP contribution in [0.1, 0.15) is 62.5 Å². The number of hydrogen-bond donors (Lipinski definition) is 1. The van der Waals surface area contributed by atoms with Gasteiger partial charge in [-0.3, -0.25) is 0 Å². The van der Waals surface area contributed by atoms with Crippen LogP contribution in [0, 0.1) is 0 Å². The first-order chi connectivity index (χ1) is 7.90. The van der Waals surface area contributed by atoms with E-state index in [4.69, 9.17) is 10.2 Å². The molecule has 1 saturated carbocycles. The molecule has 0 amide bonds. The Labute approximate surface area is 97.4 Å². The van der Waals surface area contributed by atoms with Crippen LogP contribution in [0.25, 0.3) is 0 Å². The highest BCUT2D eigenvalue weighted by Gasteiger charge is 2.17. The van der Waals surface area contributed by atoms with E-state index in [-0.39, 0.29) is 0 Å². The number of aromatic nitrogens is 1. The average molecular weight is 222 g/mol. The zero-order chi connectivity index (χ0) is 11.2. The lowest BCUT2D eigenvalue weighted by Gasteiger charge is -2.16. The van der Waals surface area contributed by atoms with Crippen molar-refractivity contribution in [2.45, 2.75) is 57.3 Å². The lowest BCUT2D eigenvalue weighted by Crippen LogP contribution is -2.03. The van der Waals surface area contributed by atoms with Gasteiger partial charge >= 0.3 is 0 Å². The summed E-state index contributed by atoms with van der Waals surface area (Å²) in [5.41, 5.74) is 5.49. The van der Waals surface area contributed by atoms with Gasteiger partial charge in [-0.15, -0.1) is 0 Å². The molecule has 0 saturated heterocycles. The maximum atomic E-state index is 5.77. The van der Waals surface area contributed by atoms with Crippen molar-refractivity contribution in [1.82, 2.24) is 4.98 Å². The Bertz CT molecular complexity index is 301. The standard InChI is InChI=1S/C13H22N2O/c14-9-8-13-15-10-12(16-13)11-6-4-2-1-3-5-7-11/h10-11H,1-9,14H2. The van der Waals surface area contributed by atoms with Crippen LogP contribution in [0.4, 0.5) is 0 Å². The molecule has 1 fully saturated rings. The van der Waals surface area contributed by atoms with Crippen molar-refractivity contribution in [1.29, 1.82) is 0 Å². The molecule has 0 aliphatic heterocycles. The van der Waals surface area contributed by atoms with Crippen LogP contribution in [0.2, 0.25) is 0 Å². The Hall–Kier alpha value is -0.830. The van der Waals surface area contributed by atoms with Gasteiger partial charge < -0.3 is 10.2 Å². The number of rotatable bonds is 3. The van der Waals surface area contributed by atoms with Gasteiger partial charge in [-0.2, -0.15) is 0 Å². The topological polar surface area (TPSA) is 52.0 Å². The summed E-state index contributed by atoms with van der Waals surface area (Å²) < 4.78 is 5.77. The summed E-state index contributed by atoms with van der Waals surface area (Å²) in [6.07, 6.45) is 12.0. The molecular weight excluding hydrogens is 200 g/mol. The number of hydrogen-bond acceptors (Lipinski definition) is 3. The van der Waals surface area contributed by atoms with Crippen LogP contribution in [0.3, 0.4) is 0 Å². The summed E-state index contributed by atoms with van der Waals surface area (Å²) in [5, 5.41) is 0. The van der Waals surface area contributed by atoms with Crippen LogP contribution in [0.15, 0.2) is 10.6 Å². The highest BCUT2D eigenvalue weighted by molar-refractivity contribution is 5.02. The molecule has 1 aliphatic rings. The minimum Gasteiger partial charge on any atom is -0.445 e. The fourth-order valence-electron chi connectivity index (χ4n) is 2.49. The summed E-state index contributed by atoms with van der Waals surface area (Å²) in [6.45, 7) is 0.616. The Morgan fingerprint density at radius 1 is 1.19 bits per heavy atom. The fraction of sp³-hybridized carbons (Fsp3) is 0.769. The van der Waals surface area contributed by atoms with Crippen LogP contribution in [-0.4, -0.2) is 11.5 Å². The van der Waals surface area contributed by atoms with Crippen molar-refractivity contribution < 1.29 is 4.42 Å². The Morgan fingerprint density at radius 3 is 2.56 bits per heavy atom. The molecule has 16 heavy (non-hydrogen) atoms. The van der Waals surface area contributed by atoms with E-state index in [9.17, 15) is 0 Å². The third kappa shape index (κ3) is 3.08. The molecular formula is C13H22N2O. The smallest absolute Gasteiger partial charge is 0.195 e. The van der Waals surface area contributed by atoms with E-state index in [1.807, 2.05) is 6.20 Å². The normalized spacial score (nSPS) is 19.3. The molecule has 3 heteroatoms. The molecule has 1 aromatic heterocycles. The van der Waals surface area contributed by atoms with E-state index < -0.39 is 0 Å². The average Bonchev–Trinajstić information content (AvgIpc) is 2.66. The van der Waals surface area contributed by atoms with Crippen LogP contribution >= 0.6 is 0 Å². The second kappa shape index (κ2) is 6.04. The molecule has 1 heterocycles. The summed E-state index contributed by atoms with van der Waals surface area (Å²) in [5.74, 6) is 2.49. The first-order valence-corrected chi connectivity index (χ1v) is 6.55. The molecule has 0 atom stereocenters. The van der Waals surface area contributed by atoms with Gasteiger partial charge in [0.1, 0.15) is 5.76 Å². The van der Waals surface area contributed by atoms with Crippen molar-refractivity contribution >= 4 is 0 Å². The van der Waals surface area contributed by atoms with Crippen molar-refractivity contribution in [3.63, 3.8) is 0 Å². The van der Waals surface area contributed by atoms with Crippen molar-refractivity contribution in [2.75, 3.05) is 6.54 Å². The Morgan fingerprint density at radius 2 is 1.88 bits per heavy atom. The van der Waals surface area contributed by atoms with E-state index in [2.05, 4.69) is 4.98 Å². The SMILES string of the molecule is NCCc1ncc(C2CCCCCCC2)o1. The maximum Gasteiger partial charge on any atom is 0.195 e. The largest absolute Gasteiger partial charge is 0.445 e. The molecule has 0 radical (unpaired) electrons. The zero-order valence-corrected chi connectivity index (χ0v) is 9.95. The minimum absolute atomic E-state index is 0.597. The van der Waals surface area contributed by atoms with E-state index >= 15 is 0 Å². The molecule has 0 spiro atoms. The summed E-state index contributed by atoms with van der Waals surface area (Å²) in [4.78, 5) is 4.29.